The van der Waals surface area contributed by atoms with Gasteiger partial charge in [-0.2, -0.15) is 5.10 Å². The summed E-state index contributed by atoms with van der Waals surface area (Å²) in [6.45, 7) is 0. The van der Waals surface area contributed by atoms with E-state index in [2.05, 4.69) is 45.9 Å². The van der Waals surface area contributed by atoms with Crippen molar-refractivity contribution in [2.45, 2.75) is 63.5 Å². The molecule has 7 rings (SSSR count). The molecule has 2 N–H and O–H groups in total. The lowest BCUT2D eigenvalue weighted by molar-refractivity contribution is 0.483. The van der Waals surface area contributed by atoms with Gasteiger partial charge in [0, 0.05) is 23.8 Å². The van der Waals surface area contributed by atoms with Crippen molar-refractivity contribution >= 4 is 17.3 Å². The van der Waals surface area contributed by atoms with E-state index in [4.69, 9.17) is 14.8 Å². The minimum absolute atomic E-state index is 0.443. The molecule has 2 fully saturated rings. The van der Waals surface area contributed by atoms with E-state index in [9.17, 15) is 0 Å². The van der Waals surface area contributed by atoms with E-state index in [0.717, 1.165) is 45.3 Å². The molecule has 2 saturated carbocycles. The highest BCUT2D eigenvalue weighted by atomic mass is 16.5. The Labute approximate surface area is 234 Å². The lowest BCUT2D eigenvalue weighted by Crippen LogP contribution is -2.17. The predicted molar refractivity (Wildman–Crippen MR) is 160 cm³/mol. The van der Waals surface area contributed by atoms with Gasteiger partial charge >= 0.3 is 0 Å². The average Bonchev–Trinajstić information content (AvgIpc) is 3.77. The first-order valence-corrected chi connectivity index (χ1v) is 14.5. The number of aromatic nitrogens is 4. The minimum Gasteiger partial charge on any atom is -0.457 e. The Hall–Kier alpha value is -4.39. The number of ether oxygens (including phenoxy) is 1. The zero-order chi connectivity index (χ0) is 26.7. The molecule has 202 valence electrons. The molecule has 2 aromatic carbocycles. The standard InChI is InChI=1S/C33H34N6O/c1-2-13-26(14-3-1)40-27-19-17-23(18-20-27)32-31(28-21-22-34-33(37-28)36-25-11-6-7-12-25)29-15-8-16-30(39(29)38-32)35-24-9-4-5-10-24/h1-3,8,13-22,24-25,35H,4-7,9-12H2,(H,34,36,37). The summed E-state index contributed by atoms with van der Waals surface area (Å²) in [6.07, 6.45) is 11.7. The smallest absolute Gasteiger partial charge is 0.223 e. The Morgan fingerprint density at radius 2 is 1.40 bits per heavy atom. The molecular formula is C33H34N6O. The fourth-order valence-corrected chi connectivity index (χ4v) is 6.04. The SMILES string of the molecule is c1ccc(Oc2ccc(-c3nn4c(NC5CCCC5)cccc4c3-c3ccnc(NC4CCCC4)n3)cc2)cc1. The lowest BCUT2D eigenvalue weighted by atomic mass is 10.0. The summed E-state index contributed by atoms with van der Waals surface area (Å²) in [5.41, 5.74) is 4.78. The minimum atomic E-state index is 0.443. The highest BCUT2D eigenvalue weighted by Gasteiger charge is 2.22. The van der Waals surface area contributed by atoms with Gasteiger partial charge in [0.1, 0.15) is 23.0 Å². The number of nitrogens with one attached hydrogen (secondary N) is 2. The van der Waals surface area contributed by atoms with Gasteiger partial charge in [-0.1, -0.05) is 49.9 Å². The Morgan fingerprint density at radius 3 is 2.15 bits per heavy atom. The van der Waals surface area contributed by atoms with Crippen LogP contribution in [0.2, 0.25) is 0 Å². The second-order valence-corrected chi connectivity index (χ2v) is 10.9. The van der Waals surface area contributed by atoms with E-state index in [0.29, 0.717) is 18.0 Å². The van der Waals surface area contributed by atoms with Crippen molar-refractivity contribution in [2.75, 3.05) is 10.6 Å². The highest BCUT2D eigenvalue weighted by Crippen LogP contribution is 2.37. The predicted octanol–water partition coefficient (Wildman–Crippen LogP) is 7.96. The maximum atomic E-state index is 6.05. The van der Waals surface area contributed by atoms with Crippen LogP contribution in [0.25, 0.3) is 28.0 Å². The fraction of sp³-hybridized carbons (Fsp3) is 0.303. The van der Waals surface area contributed by atoms with Crippen molar-refractivity contribution in [1.29, 1.82) is 0 Å². The molecule has 7 heteroatoms. The molecule has 2 aliphatic carbocycles. The summed E-state index contributed by atoms with van der Waals surface area (Å²) in [5.74, 6) is 3.30. The van der Waals surface area contributed by atoms with E-state index >= 15 is 0 Å². The Kier molecular flexibility index (Phi) is 6.78. The van der Waals surface area contributed by atoms with Crippen molar-refractivity contribution < 1.29 is 4.74 Å². The number of pyridine rings is 1. The summed E-state index contributed by atoms with van der Waals surface area (Å²) < 4.78 is 8.10. The third-order valence-electron chi connectivity index (χ3n) is 8.07. The summed E-state index contributed by atoms with van der Waals surface area (Å²) in [7, 11) is 0. The molecule has 3 heterocycles. The molecule has 5 aromatic rings. The average molecular weight is 531 g/mol. The van der Waals surface area contributed by atoms with Crippen LogP contribution in [-0.4, -0.2) is 31.7 Å². The second kappa shape index (κ2) is 11.0. The van der Waals surface area contributed by atoms with Crippen molar-refractivity contribution in [3.8, 4) is 34.0 Å². The van der Waals surface area contributed by atoms with Crippen LogP contribution in [0.3, 0.4) is 0 Å². The Morgan fingerprint density at radius 1 is 0.700 bits per heavy atom. The molecule has 3 aromatic heterocycles. The fourth-order valence-electron chi connectivity index (χ4n) is 6.04. The number of fused-ring (bicyclic) bond motifs is 1. The normalized spacial score (nSPS) is 16.0. The Bertz CT molecular complexity index is 1590. The molecule has 0 spiro atoms. The quantitative estimate of drug-likeness (QED) is 0.212. The van der Waals surface area contributed by atoms with Gasteiger partial charge in [0.2, 0.25) is 5.95 Å². The molecular weight excluding hydrogens is 496 g/mol. The third kappa shape index (κ3) is 5.11. The first kappa shape index (κ1) is 24.6. The van der Waals surface area contributed by atoms with Crippen molar-refractivity contribution in [2.24, 2.45) is 0 Å². The molecule has 0 aliphatic heterocycles. The van der Waals surface area contributed by atoms with Gasteiger partial charge in [-0.05, 0) is 80.3 Å². The number of hydrogen-bond donors (Lipinski definition) is 2. The van der Waals surface area contributed by atoms with Crippen molar-refractivity contribution in [3.05, 3.63) is 85.1 Å². The monoisotopic (exact) mass is 530 g/mol. The maximum absolute atomic E-state index is 6.05. The van der Waals surface area contributed by atoms with E-state index < -0.39 is 0 Å². The number of hydrogen-bond acceptors (Lipinski definition) is 6. The van der Waals surface area contributed by atoms with Crippen LogP contribution in [0.5, 0.6) is 11.5 Å². The van der Waals surface area contributed by atoms with Crippen LogP contribution in [0, 0.1) is 0 Å². The van der Waals surface area contributed by atoms with Crippen molar-refractivity contribution in [1.82, 2.24) is 19.6 Å². The first-order chi connectivity index (χ1) is 19.8. The van der Waals surface area contributed by atoms with Crippen molar-refractivity contribution in [3.63, 3.8) is 0 Å². The van der Waals surface area contributed by atoms with Crippen LogP contribution in [0.1, 0.15) is 51.4 Å². The summed E-state index contributed by atoms with van der Waals surface area (Å²) >= 11 is 0. The van der Waals surface area contributed by atoms with Gasteiger partial charge < -0.3 is 15.4 Å². The van der Waals surface area contributed by atoms with E-state index in [-0.39, 0.29) is 0 Å². The number of benzene rings is 2. The largest absolute Gasteiger partial charge is 0.457 e. The molecule has 0 atom stereocenters. The van der Waals surface area contributed by atoms with Crippen LogP contribution in [0.4, 0.5) is 11.8 Å². The lowest BCUT2D eigenvalue weighted by Gasteiger charge is -2.14. The van der Waals surface area contributed by atoms with E-state index in [1.165, 1.54) is 51.4 Å². The van der Waals surface area contributed by atoms with Crippen LogP contribution < -0.4 is 15.4 Å². The highest BCUT2D eigenvalue weighted by molar-refractivity contribution is 5.91. The number of nitrogens with zero attached hydrogens (tertiary/aromatic N) is 4. The molecule has 40 heavy (non-hydrogen) atoms. The van der Waals surface area contributed by atoms with Crippen LogP contribution in [-0.2, 0) is 0 Å². The molecule has 0 amide bonds. The zero-order valence-corrected chi connectivity index (χ0v) is 22.6. The molecule has 0 bridgehead atoms. The maximum Gasteiger partial charge on any atom is 0.223 e. The van der Waals surface area contributed by atoms with Gasteiger partial charge in [0.05, 0.1) is 16.8 Å². The van der Waals surface area contributed by atoms with Gasteiger partial charge in [-0.25, -0.2) is 14.5 Å². The second-order valence-electron chi connectivity index (χ2n) is 10.9. The summed E-state index contributed by atoms with van der Waals surface area (Å²) in [4.78, 5) is 9.56. The topological polar surface area (TPSA) is 76.4 Å². The number of anilines is 2. The Balaban J connectivity index is 1.29. The molecule has 0 radical (unpaired) electrons. The van der Waals surface area contributed by atoms with Crippen LogP contribution in [0.15, 0.2) is 85.1 Å². The van der Waals surface area contributed by atoms with E-state index in [1.54, 1.807) is 0 Å². The third-order valence-corrected chi connectivity index (χ3v) is 8.07. The summed E-state index contributed by atoms with van der Waals surface area (Å²) in [5, 5.41) is 12.5. The van der Waals surface area contributed by atoms with Gasteiger partial charge in [0.15, 0.2) is 0 Å². The summed E-state index contributed by atoms with van der Waals surface area (Å²) in [6, 6.07) is 27.3. The molecule has 0 saturated heterocycles. The number of para-hydroxylation sites is 1. The first-order valence-electron chi connectivity index (χ1n) is 14.5. The number of rotatable bonds is 8. The van der Waals surface area contributed by atoms with Crippen LogP contribution >= 0.6 is 0 Å². The van der Waals surface area contributed by atoms with Gasteiger partial charge in [-0.3, -0.25) is 0 Å². The zero-order valence-electron chi connectivity index (χ0n) is 22.6. The molecule has 7 nitrogen and oxygen atoms in total. The van der Waals surface area contributed by atoms with Gasteiger partial charge in [-0.15, -0.1) is 0 Å². The molecule has 2 aliphatic rings. The molecule has 0 unspecified atom stereocenters. The van der Waals surface area contributed by atoms with Gasteiger partial charge in [0.25, 0.3) is 0 Å². The van der Waals surface area contributed by atoms with E-state index in [1.807, 2.05) is 59.2 Å².